The van der Waals surface area contributed by atoms with Gasteiger partial charge in [0.1, 0.15) is 5.75 Å². The maximum atomic E-state index is 11.7. The molecule has 1 amide bonds. The number of amides is 1. The fourth-order valence-corrected chi connectivity index (χ4v) is 2.34. The number of ether oxygens (including phenoxy) is 1. The zero-order chi connectivity index (χ0) is 15.6. The number of hydrogen-bond acceptors (Lipinski definition) is 3. The van der Waals surface area contributed by atoms with E-state index in [4.69, 9.17) is 9.84 Å². The number of rotatable bonds is 6. The quantitative estimate of drug-likeness (QED) is 0.857. The molecule has 0 atom stereocenters. The summed E-state index contributed by atoms with van der Waals surface area (Å²) in [6.45, 7) is 0.0519. The van der Waals surface area contributed by atoms with Crippen LogP contribution in [-0.4, -0.2) is 30.1 Å². The van der Waals surface area contributed by atoms with E-state index < -0.39 is 11.4 Å². The van der Waals surface area contributed by atoms with Crippen LogP contribution in [0.3, 0.4) is 0 Å². The van der Waals surface area contributed by atoms with E-state index in [-0.39, 0.29) is 19.1 Å². The average Bonchev–Trinajstić information content (AvgIpc) is 3.32. The fraction of sp³-hybridized carbons (Fsp3) is 0.294. The lowest BCUT2D eigenvalue weighted by Gasteiger charge is -2.12. The van der Waals surface area contributed by atoms with E-state index in [1.807, 2.05) is 42.5 Å². The number of carboxylic acid groups (broad SMARTS) is 1. The zero-order valence-corrected chi connectivity index (χ0v) is 12.0. The van der Waals surface area contributed by atoms with Gasteiger partial charge in [-0.25, -0.2) is 0 Å². The number of aliphatic carboxylic acids is 1. The summed E-state index contributed by atoms with van der Waals surface area (Å²) in [6.07, 6.45) is 1.24. The smallest absolute Gasteiger partial charge is 0.311 e. The van der Waals surface area contributed by atoms with Gasteiger partial charge in [-0.05, 0) is 35.7 Å². The molecule has 0 spiro atoms. The van der Waals surface area contributed by atoms with Crippen molar-refractivity contribution in [2.45, 2.75) is 12.8 Å². The summed E-state index contributed by atoms with van der Waals surface area (Å²) >= 11 is 0. The fourth-order valence-electron chi connectivity index (χ4n) is 2.34. The van der Waals surface area contributed by atoms with Crippen molar-refractivity contribution in [1.29, 1.82) is 0 Å². The van der Waals surface area contributed by atoms with Crippen LogP contribution >= 0.6 is 0 Å². The second-order valence-corrected chi connectivity index (χ2v) is 5.66. The van der Waals surface area contributed by atoms with Crippen molar-refractivity contribution < 1.29 is 19.4 Å². The Bertz CT molecular complexity index is 721. The molecule has 0 aromatic heterocycles. The molecule has 1 fully saturated rings. The Kier molecular flexibility index (Phi) is 3.71. The number of nitrogens with one attached hydrogen (secondary N) is 1. The summed E-state index contributed by atoms with van der Waals surface area (Å²) in [7, 11) is 0. The third-order valence-corrected chi connectivity index (χ3v) is 4.02. The van der Waals surface area contributed by atoms with Gasteiger partial charge in [-0.1, -0.05) is 30.3 Å². The van der Waals surface area contributed by atoms with Gasteiger partial charge in [0.15, 0.2) is 6.61 Å². The molecule has 0 saturated heterocycles. The molecule has 22 heavy (non-hydrogen) atoms. The van der Waals surface area contributed by atoms with Crippen LogP contribution in [0.5, 0.6) is 5.75 Å². The number of fused-ring (bicyclic) bond motifs is 1. The molecule has 3 rings (SSSR count). The Balaban J connectivity index is 1.53. The van der Waals surface area contributed by atoms with Crippen LogP contribution in [0, 0.1) is 5.41 Å². The zero-order valence-electron chi connectivity index (χ0n) is 12.0. The Morgan fingerprint density at radius 2 is 1.86 bits per heavy atom. The Morgan fingerprint density at radius 3 is 2.55 bits per heavy atom. The van der Waals surface area contributed by atoms with E-state index in [2.05, 4.69) is 5.32 Å². The first-order valence-electron chi connectivity index (χ1n) is 7.21. The number of benzene rings is 2. The molecule has 0 bridgehead atoms. The maximum absolute atomic E-state index is 11.7. The highest BCUT2D eigenvalue weighted by atomic mass is 16.5. The lowest BCUT2D eigenvalue weighted by Crippen LogP contribution is -2.36. The molecule has 1 saturated carbocycles. The Morgan fingerprint density at radius 1 is 1.14 bits per heavy atom. The Labute approximate surface area is 127 Å². The van der Waals surface area contributed by atoms with Gasteiger partial charge in [-0.3, -0.25) is 9.59 Å². The van der Waals surface area contributed by atoms with Gasteiger partial charge in [-0.2, -0.15) is 0 Å². The summed E-state index contributed by atoms with van der Waals surface area (Å²) in [6, 6.07) is 13.5. The molecule has 0 aliphatic heterocycles. The molecule has 1 aliphatic rings. The molecule has 1 aliphatic carbocycles. The highest BCUT2D eigenvalue weighted by Gasteiger charge is 2.50. The van der Waals surface area contributed by atoms with Crippen molar-refractivity contribution >= 4 is 22.6 Å². The van der Waals surface area contributed by atoms with Gasteiger partial charge in [-0.15, -0.1) is 0 Å². The van der Waals surface area contributed by atoms with Crippen molar-refractivity contribution in [2.75, 3.05) is 13.2 Å². The molecule has 0 unspecified atom stereocenters. The minimum atomic E-state index is -0.844. The van der Waals surface area contributed by atoms with Gasteiger partial charge < -0.3 is 15.2 Å². The normalized spacial score (nSPS) is 15.3. The lowest BCUT2D eigenvalue weighted by molar-refractivity contribution is -0.143. The number of carbonyl (C=O) groups excluding carboxylic acids is 1. The summed E-state index contributed by atoms with van der Waals surface area (Å²) in [4.78, 5) is 22.8. The monoisotopic (exact) mass is 299 g/mol. The molecular weight excluding hydrogens is 282 g/mol. The number of carboxylic acids is 1. The van der Waals surface area contributed by atoms with Gasteiger partial charge in [0.05, 0.1) is 5.41 Å². The van der Waals surface area contributed by atoms with Crippen molar-refractivity contribution in [1.82, 2.24) is 5.32 Å². The number of carbonyl (C=O) groups is 2. The molecule has 0 radical (unpaired) electrons. The molecule has 5 nitrogen and oxygen atoms in total. The summed E-state index contributed by atoms with van der Waals surface area (Å²) < 4.78 is 5.46. The number of hydrogen-bond donors (Lipinski definition) is 2. The van der Waals surface area contributed by atoms with Gasteiger partial charge >= 0.3 is 5.97 Å². The highest BCUT2D eigenvalue weighted by Crippen LogP contribution is 2.45. The molecule has 114 valence electrons. The van der Waals surface area contributed by atoms with Crippen LogP contribution in [0.2, 0.25) is 0 Å². The molecule has 2 aromatic carbocycles. The van der Waals surface area contributed by atoms with Crippen LogP contribution in [0.25, 0.3) is 10.8 Å². The first-order valence-corrected chi connectivity index (χ1v) is 7.21. The SMILES string of the molecule is O=C(COc1ccc2ccccc2c1)NCC1(C(=O)O)CC1. The summed E-state index contributed by atoms with van der Waals surface area (Å²) in [5.74, 6) is -0.530. The molecule has 5 heteroatoms. The predicted octanol–water partition coefficient (Wildman–Crippen LogP) is 2.20. The van der Waals surface area contributed by atoms with Crippen LogP contribution in [0.15, 0.2) is 42.5 Å². The molecule has 2 N–H and O–H groups in total. The van der Waals surface area contributed by atoms with Gasteiger partial charge in [0.2, 0.25) is 0 Å². The highest BCUT2D eigenvalue weighted by molar-refractivity contribution is 5.84. The van der Waals surface area contributed by atoms with Gasteiger partial charge in [0.25, 0.3) is 5.91 Å². The largest absolute Gasteiger partial charge is 0.484 e. The summed E-state index contributed by atoms with van der Waals surface area (Å²) in [5.41, 5.74) is -0.751. The standard InChI is InChI=1S/C17H17NO4/c19-15(18-11-17(7-8-17)16(20)21)10-22-14-6-5-12-3-1-2-4-13(12)9-14/h1-6,9H,7-8,10-11H2,(H,18,19)(H,20,21). The van der Waals surface area contributed by atoms with E-state index in [0.29, 0.717) is 18.6 Å². The third-order valence-electron chi connectivity index (χ3n) is 4.02. The third kappa shape index (κ3) is 3.03. The minimum Gasteiger partial charge on any atom is -0.484 e. The second-order valence-electron chi connectivity index (χ2n) is 5.66. The van der Waals surface area contributed by atoms with E-state index in [1.165, 1.54) is 0 Å². The van der Waals surface area contributed by atoms with E-state index in [0.717, 1.165) is 10.8 Å². The van der Waals surface area contributed by atoms with E-state index in [1.54, 1.807) is 0 Å². The predicted molar refractivity (Wildman–Crippen MR) is 81.8 cm³/mol. The van der Waals surface area contributed by atoms with Crippen LogP contribution in [0.1, 0.15) is 12.8 Å². The van der Waals surface area contributed by atoms with Crippen LogP contribution in [0.4, 0.5) is 0 Å². The average molecular weight is 299 g/mol. The second kappa shape index (κ2) is 5.67. The first kappa shape index (κ1) is 14.4. The van der Waals surface area contributed by atoms with Crippen LogP contribution < -0.4 is 10.1 Å². The summed E-state index contributed by atoms with van der Waals surface area (Å²) in [5, 5.41) is 13.8. The maximum Gasteiger partial charge on any atom is 0.311 e. The molecular formula is C17H17NO4. The van der Waals surface area contributed by atoms with E-state index in [9.17, 15) is 9.59 Å². The van der Waals surface area contributed by atoms with Crippen molar-refractivity contribution in [3.63, 3.8) is 0 Å². The van der Waals surface area contributed by atoms with Gasteiger partial charge in [0, 0.05) is 6.54 Å². The minimum absolute atomic E-state index is 0.117. The van der Waals surface area contributed by atoms with Crippen molar-refractivity contribution in [3.05, 3.63) is 42.5 Å². The Hall–Kier alpha value is -2.56. The molecule has 0 heterocycles. The molecule has 2 aromatic rings. The first-order chi connectivity index (χ1) is 10.6. The van der Waals surface area contributed by atoms with E-state index >= 15 is 0 Å². The lowest BCUT2D eigenvalue weighted by atomic mass is 10.1. The van der Waals surface area contributed by atoms with Crippen molar-refractivity contribution in [2.24, 2.45) is 5.41 Å². The topological polar surface area (TPSA) is 75.6 Å². The van der Waals surface area contributed by atoms with Crippen LogP contribution in [-0.2, 0) is 9.59 Å². The van der Waals surface area contributed by atoms with Crippen molar-refractivity contribution in [3.8, 4) is 5.75 Å².